The van der Waals surface area contributed by atoms with Crippen LogP contribution >= 0.6 is 0 Å². The van der Waals surface area contributed by atoms with E-state index in [2.05, 4.69) is 11.2 Å². The zero-order chi connectivity index (χ0) is 7.56. The lowest BCUT2D eigenvalue weighted by Crippen LogP contribution is -2.33. The van der Waals surface area contributed by atoms with Crippen molar-refractivity contribution in [1.29, 1.82) is 0 Å². The van der Waals surface area contributed by atoms with E-state index in [9.17, 15) is 4.79 Å². The molecule has 1 aliphatic rings. The van der Waals surface area contributed by atoms with Gasteiger partial charge >= 0.3 is 0 Å². The fourth-order valence-electron chi connectivity index (χ4n) is 0.944. The molecule has 0 aromatic rings. The summed E-state index contributed by atoms with van der Waals surface area (Å²) in [5, 5.41) is 2.72. The molecule has 2 nitrogen and oxygen atoms in total. The molecule has 0 radical (unpaired) electrons. The predicted octanol–water partition coefficient (Wildman–Crippen LogP) is 0.534. The molecule has 54 valence electrons. The quantitative estimate of drug-likeness (QED) is 0.553. The number of hydrogen-bond acceptors (Lipinski definition) is 1. The number of nitrogens with one attached hydrogen (secondary N) is 1. The molecule has 1 fully saturated rings. The highest BCUT2D eigenvalue weighted by atomic mass is 16.1. The van der Waals surface area contributed by atoms with E-state index in [-0.39, 0.29) is 11.9 Å². The molecule has 1 saturated carbocycles. The Morgan fingerprint density at radius 3 is 2.70 bits per heavy atom. The average molecular weight is 137 g/mol. The van der Waals surface area contributed by atoms with Crippen molar-refractivity contribution in [3.8, 4) is 12.3 Å². The second-order valence-electron chi connectivity index (χ2n) is 2.68. The molecule has 0 heterocycles. The molecular formula is C8H11NO. The van der Waals surface area contributed by atoms with Gasteiger partial charge in [-0.05, 0) is 18.8 Å². The van der Waals surface area contributed by atoms with Gasteiger partial charge in [-0.1, -0.05) is 5.92 Å². The highest BCUT2D eigenvalue weighted by Gasteiger charge is 2.30. The number of rotatable bonds is 2. The van der Waals surface area contributed by atoms with Gasteiger partial charge in [-0.15, -0.1) is 6.42 Å². The van der Waals surface area contributed by atoms with Crippen molar-refractivity contribution in [3.05, 3.63) is 0 Å². The number of hydrogen-bond donors (Lipinski definition) is 1. The van der Waals surface area contributed by atoms with Crippen LogP contribution in [0.2, 0.25) is 0 Å². The van der Waals surface area contributed by atoms with E-state index in [0.717, 1.165) is 12.8 Å². The van der Waals surface area contributed by atoms with E-state index >= 15 is 0 Å². The SMILES string of the molecule is C#C[C@@H](NC(C)=O)C1CC1. The van der Waals surface area contributed by atoms with Crippen LogP contribution in [0.1, 0.15) is 19.8 Å². The second kappa shape index (κ2) is 2.74. The van der Waals surface area contributed by atoms with E-state index in [0.29, 0.717) is 5.92 Å². The van der Waals surface area contributed by atoms with Crippen LogP contribution < -0.4 is 5.32 Å². The van der Waals surface area contributed by atoms with Crippen molar-refractivity contribution in [2.75, 3.05) is 0 Å². The molecule has 1 rings (SSSR count). The standard InChI is InChI=1S/C8H11NO/c1-3-8(7-4-5-7)9-6(2)10/h1,7-8H,4-5H2,2H3,(H,9,10)/t8-/m1/s1. The summed E-state index contributed by atoms with van der Waals surface area (Å²) in [6.45, 7) is 1.49. The molecule has 10 heavy (non-hydrogen) atoms. The first-order chi connectivity index (χ1) is 4.74. The maximum absolute atomic E-state index is 10.5. The van der Waals surface area contributed by atoms with E-state index in [1.165, 1.54) is 6.92 Å². The maximum atomic E-state index is 10.5. The van der Waals surface area contributed by atoms with Gasteiger partial charge in [-0.25, -0.2) is 0 Å². The molecule has 1 aliphatic carbocycles. The smallest absolute Gasteiger partial charge is 0.217 e. The normalized spacial score (nSPS) is 19.2. The highest BCUT2D eigenvalue weighted by molar-refractivity contribution is 5.73. The van der Waals surface area contributed by atoms with Gasteiger partial charge in [-0.3, -0.25) is 4.79 Å². The Labute approximate surface area is 61.0 Å². The minimum atomic E-state index is -0.0325. The van der Waals surface area contributed by atoms with E-state index < -0.39 is 0 Å². The molecule has 1 atom stereocenters. The first-order valence-electron chi connectivity index (χ1n) is 3.47. The Hall–Kier alpha value is -0.970. The number of carbonyl (C=O) groups excluding carboxylic acids is 1. The lowest BCUT2D eigenvalue weighted by molar-refractivity contribution is -0.119. The van der Waals surface area contributed by atoms with Gasteiger partial charge in [0.05, 0.1) is 6.04 Å². The van der Waals surface area contributed by atoms with Crippen LogP contribution in [0.4, 0.5) is 0 Å². The van der Waals surface area contributed by atoms with Crippen LogP contribution in [-0.4, -0.2) is 11.9 Å². The fraction of sp³-hybridized carbons (Fsp3) is 0.625. The zero-order valence-electron chi connectivity index (χ0n) is 6.05. The largest absolute Gasteiger partial charge is 0.342 e. The molecule has 0 spiro atoms. The summed E-state index contributed by atoms with van der Waals surface area (Å²) in [6, 6.07) is -0.0162. The monoisotopic (exact) mass is 137 g/mol. The van der Waals surface area contributed by atoms with Crippen LogP contribution in [0.3, 0.4) is 0 Å². The molecule has 1 N–H and O–H groups in total. The van der Waals surface area contributed by atoms with E-state index in [4.69, 9.17) is 6.42 Å². The Bertz CT molecular complexity index is 176. The fourth-order valence-corrected chi connectivity index (χ4v) is 0.944. The van der Waals surface area contributed by atoms with Crippen molar-refractivity contribution in [1.82, 2.24) is 5.32 Å². The van der Waals surface area contributed by atoms with Crippen LogP contribution in [-0.2, 0) is 4.79 Å². The van der Waals surface area contributed by atoms with Crippen molar-refractivity contribution in [2.45, 2.75) is 25.8 Å². The average Bonchev–Trinajstić information content (AvgIpc) is 2.63. The van der Waals surface area contributed by atoms with Gasteiger partial charge in [0.25, 0.3) is 0 Å². The predicted molar refractivity (Wildman–Crippen MR) is 39.2 cm³/mol. The van der Waals surface area contributed by atoms with Crippen LogP contribution in [0.25, 0.3) is 0 Å². The van der Waals surface area contributed by atoms with E-state index in [1.54, 1.807) is 0 Å². The Kier molecular flexibility index (Phi) is 1.96. The van der Waals surface area contributed by atoms with Crippen LogP contribution in [0.5, 0.6) is 0 Å². The maximum Gasteiger partial charge on any atom is 0.217 e. The van der Waals surface area contributed by atoms with Gasteiger partial charge in [0.1, 0.15) is 0 Å². The minimum absolute atomic E-state index is 0.0162. The molecule has 0 saturated heterocycles. The second-order valence-corrected chi connectivity index (χ2v) is 2.68. The third-order valence-electron chi connectivity index (χ3n) is 1.63. The Morgan fingerprint density at radius 2 is 2.40 bits per heavy atom. The first-order valence-corrected chi connectivity index (χ1v) is 3.47. The lowest BCUT2D eigenvalue weighted by atomic mass is 10.2. The molecule has 2 heteroatoms. The summed E-state index contributed by atoms with van der Waals surface area (Å²) in [6.07, 6.45) is 7.52. The molecule has 1 amide bonds. The van der Waals surface area contributed by atoms with Crippen molar-refractivity contribution in [3.63, 3.8) is 0 Å². The van der Waals surface area contributed by atoms with Gasteiger partial charge in [0.15, 0.2) is 0 Å². The van der Waals surface area contributed by atoms with Gasteiger partial charge < -0.3 is 5.32 Å². The van der Waals surface area contributed by atoms with Gasteiger partial charge in [-0.2, -0.15) is 0 Å². The number of carbonyl (C=O) groups is 1. The highest BCUT2D eigenvalue weighted by Crippen LogP contribution is 2.32. The molecule has 0 aromatic carbocycles. The van der Waals surface area contributed by atoms with Crippen molar-refractivity contribution >= 4 is 5.91 Å². The molecule has 0 aliphatic heterocycles. The first kappa shape index (κ1) is 7.14. The zero-order valence-corrected chi connectivity index (χ0v) is 6.05. The molecule has 0 unspecified atom stereocenters. The Morgan fingerprint density at radius 1 is 1.80 bits per heavy atom. The number of terminal acetylenes is 1. The van der Waals surface area contributed by atoms with Crippen molar-refractivity contribution in [2.24, 2.45) is 5.92 Å². The molecular weight excluding hydrogens is 126 g/mol. The van der Waals surface area contributed by atoms with Crippen LogP contribution in [0, 0.1) is 18.3 Å². The summed E-state index contributed by atoms with van der Waals surface area (Å²) < 4.78 is 0. The summed E-state index contributed by atoms with van der Waals surface area (Å²) in [7, 11) is 0. The topological polar surface area (TPSA) is 29.1 Å². The van der Waals surface area contributed by atoms with Gasteiger partial charge in [0.2, 0.25) is 5.91 Å². The van der Waals surface area contributed by atoms with Crippen molar-refractivity contribution < 1.29 is 4.79 Å². The third-order valence-corrected chi connectivity index (χ3v) is 1.63. The summed E-state index contributed by atoms with van der Waals surface area (Å²) >= 11 is 0. The summed E-state index contributed by atoms with van der Waals surface area (Å²) in [5.74, 6) is 3.08. The molecule has 0 aromatic heterocycles. The van der Waals surface area contributed by atoms with Gasteiger partial charge in [0, 0.05) is 6.92 Å². The summed E-state index contributed by atoms with van der Waals surface area (Å²) in [5.41, 5.74) is 0. The minimum Gasteiger partial charge on any atom is -0.342 e. The summed E-state index contributed by atoms with van der Waals surface area (Å²) in [4.78, 5) is 10.5. The lowest BCUT2D eigenvalue weighted by Gasteiger charge is -2.08. The molecule has 0 bridgehead atoms. The van der Waals surface area contributed by atoms with Crippen LogP contribution in [0.15, 0.2) is 0 Å². The number of amides is 1. The van der Waals surface area contributed by atoms with E-state index in [1.807, 2.05) is 0 Å². The Balaban J connectivity index is 2.34. The third kappa shape index (κ3) is 1.77.